The molecule has 1 atom stereocenters. The quantitative estimate of drug-likeness (QED) is 0.401. The van der Waals surface area contributed by atoms with Gasteiger partial charge in [0.2, 0.25) is 21.8 Å². The summed E-state index contributed by atoms with van der Waals surface area (Å²) in [5.74, 6) is -0.486. The van der Waals surface area contributed by atoms with E-state index in [1.54, 1.807) is 55.5 Å². The van der Waals surface area contributed by atoms with Gasteiger partial charge >= 0.3 is 0 Å². The summed E-state index contributed by atoms with van der Waals surface area (Å²) in [6.07, 6.45) is 5.57. The van der Waals surface area contributed by atoms with E-state index in [4.69, 9.17) is 23.2 Å². The lowest BCUT2D eigenvalue weighted by atomic mass is 9.95. The van der Waals surface area contributed by atoms with Crippen LogP contribution in [0.2, 0.25) is 10.0 Å². The molecule has 0 aliphatic heterocycles. The summed E-state index contributed by atoms with van der Waals surface area (Å²) in [6.45, 7) is 1.94. The van der Waals surface area contributed by atoms with Gasteiger partial charge in [0.25, 0.3) is 0 Å². The Morgan fingerprint density at radius 3 is 2.24 bits per heavy atom. The lowest BCUT2D eigenvalue weighted by Crippen LogP contribution is -2.50. The van der Waals surface area contributed by atoms with E-state index in [-0.39, 0.29) is 42.3 Å². The zero-order valence-electron chi connectivity index (χ0n) is 21.3. The normalized spacial score (nSPS) is 15.4. The van der Waals surface area contributed by atoms with Crippen LogP contribution in [0.3, 0.4) is 0 Å². The fourth-order valence-electron chi connectivity index (χ4n) is 4.49. The number of sulfonamides is 1. The maximum absolute atomic E-state index is 13.4. The second kappa shape index (κ2) is 13.6. The molecular weight excluding hydrogens is 533 g/mol. The SMILES string of the molecule is C[C@@H](C(=O)NC1CCCCC1)N(Cc1c(Cl)cccc1Cl)C(=O)CCCN(C)S(=O)(=O)c1ccccc1. The fourth-order valence-corrected chi connectivity index (χ4v) is 6.24. The maximum Gasteiger partial charge on any atom is 0.242 e. The summed E-state index contributed by atoms with van der Waals surface area (Å²) in [6, 6.07) is 12.7. The molecule has 0 spiro atoms. The van der Waals surface area contributed by atoms with E-state index in [0.29, 0.717) is 22.0 Å². The Morgan fingerprint density at radius 2 is 1.62 bits per heavy atom. The first-order valence-corrected chi connectivity index (χ1v) is 14.8. The van der Waals surface area contributed by atoms with Gasteiger partial charge in [-0.1, -0.05) is 66.7 Å². The molecule has 1 aliphatic rings. The van der Waals surface area contributed by atoms with Crippen molar-refractivity contribution in [3.8, 4) is 0 Å². The van der Waals surface area contributed by atoms with Gasteiger partial charge in [0.1, 0.15) is 6.04 Å². The fraction of sp³-hybridized carbons (Fsp3) is 0.481. The topological polar surface area (TPSA) is 86.8 Å². The van der Waals surface area contributed by atoms with E-state index >= 15 is 0 Å². The largest absolute Gasteiger partial charge is 0.352 e. The molecule has 1 fully saturated rings. The summed E-state index contributed by atoms with van der Waals surface area (Å²) in [4.78, 5) is 28.2. The number of hydrogen-bond donors (Lipinski definition) is 1. The van der Waals surface area contributed by atoms with Crippen LogP contribution in [0.15, 0.2) is 53.4 Å². The minimum absolute atomic E-state index is 0.0672. The van der Waals surface area contributed by atoms with Gasteiger partial charge in [0.05, 0.1) is 4.90 Å². The first kappa shape index (κ1) is 29.4. The number of benzene rings is 2. The van der Waals surface area contributed by atoms with Gasteiger partial charge < -0.3 is 10.2 Å². The zero-order chi connectivity index (χ0) is 27.0. The number of nitrogens with zero attached hydrogens (tertiary/aromatic N) is 2. The third kappa shape index (κ3) is 7.93. The number of halogens is 2. The van der Waals surface area contributed by atoms with Gasteiger partial charge in [-0.3, -0.25) is 9.59 Å². The number of carbonyl (C=O) groups is 2. The van der Waals surface area contributed by atoms with Crippen molar-refractivity contribution in [3.05, 3.63) is 64.1 Å². The molecule has 0 unspecified atom stereocenters. The number of amides is 2. The van der Waals surface area contributed by atoms with Crippen LogP contribution in [0, 0.1) is 0 Å². The van der Waals surface area contributed by atoms with Crippen molar-refractivity contribution in [2.75, 3.05) is 13.6 Å². The summed E-state index contributed by atoms with van der Waals surface area (Å²) in [5.41, 5.74) is 0.570. The summed E-state index contributed by atoms with van der Waals surface area (Å²) >= 11 is 12.8. The second-order valence-electron chi connectivity index (χ2n) is 9.48. The van der Waals surface area contributed by atoms with Crippen molar-refractivity contribution < 1.29 is 18.0 Å². The lowest BCUT2D eigenvalue weighted by molar-refractivity contribution is -0.141. The highest BCUT2D eigenvalue weighted by molar-refractivity contribution is 7.89. The zero-order valence-corrected chi connectivity index (χ0v) is 23.7. The van der Waals surface area contributed by atoms with Gasteiger partial charge in [-0.25, -0.2) is 12.7 Å². The van der Waals surface area contributed by atoms with E-state index in [0.717, 1.165) is 25.7 Å². The van der Waals surface area contributed by atoms with Crippen LogP contribution in [0.4, 0.5) is 0 Å². The molecule has 37 heavy (non-hydrogen) atoms. The highest BCUT2D eigenvalue weighted by Gasteiger charge is 2.29. The van der Waals surface area contributed by atoms with Crippen LogP contribution < -0.4 is 5.32 Å². The first-order valence-electron chi connectivity index (χ1n) is 12.7. The van der Waals surface area contributed by atoms with Crippen molar-refractivity contribution in [1.82, 2.24) is 14.5 Å². The van der Waals surface area contributed by atoms with E-state index in [1.807, 2.05) is 0 Å². The Labute approximate surface area is 230 Å². The molecule has 1 saturated carbocycles. The first-order chi connectivity index (χ1) is 17.6. The van der Waals surface area contributed by atoms with Crippen LogP contribution in [0.5, 0.6) is 0 Å². The van der Waals surface area contributed by atoms with Crippen LogP contribution in [-0.4, -0.2) is 55.1 Å². The molecule has 7 nitrogen and oxygen atoms in total. The second-order valence-corrected chi connectivity index (χ2v) is 12.3. The Kier molecular flexibility index (Phi) is 10.8. The Hall–Kier alpha value is -2.13. The molecular formula is C27H35Cl2N3O4S. The molecule has 0 saturated heterocycles. The molecule has 1 aliphatic carbocycles. The number of rotatable bonds is 11. The number of hydrogen-bond acceptors (Lipinski definition) is 4. The highest BCUT2D eigenvalue weighted by atomic mass is 35.5. The molecule has 0 bridgehead atoms. The van der Waals surface area contributed by atoms with Gasteiger partial charge in [-0.2, -0.15) is 0 Å². The molecule has 10 heteroatoms. The maximum atomic E-state index is 13.4. The molecule has 1 N–H and O–H groups in total. The van der Waals surface area contributed by atoms with Gasteiger partial charge in [-0.05, 0) is 50.5 Å². The third-order valence-electron chi connectivity index (χ3n) is 6.82. The molecule has 3 rings (SSSR count). The van der Waals surface area contributed by atoms with Crippen molar-refractivity contribution >= 4 is 45.0 Å². The number of nitrogens with one attached hydrogen (secondary N) is 1. The predicted octanol–water partition coefficient (Wildman–Crippen LogP) is 5.26. The van der Waals surface area contributed by atoms with E-state index in [1.165, 1.54) is 22.7 Å². The van der Waals surface area contributed by atoms with Gasteiger partial charge in [0.15, 0.2) is 0 Å². The van der Waals surface area contributed by atoms with Crippen LogP contribution >= 0.6 is 23.2 Å². The average Bonchev–Trinajstić information content (AvgIpc) is 2.89. The van der Waals surface area contributed by atoms with E-state index in [2.05, 4.69) is 5.32 Å². The Morgan fingerprint density at radius 1 is 1.00 bits per heavy atom. The Bertz CT molecular complexity index is 1150. The molecule has 0 radical (unpaired) electrons. The average molecular weight is 569 g/mol. The monoisotopic (exact) mass is 567 g/mol. The van der Waals surface area contributed by atoms with Crippen LogP contribution in [-0.2, 0) is 26.2 Å². The highest BCUT2D eigenvalue weighted by Crippen LogP contribution is 2.27. The van der Waals surface area contributed by atoms with Crippen molar-refractivity contribution in [2.24, 2.45) is 0 Å². The molecule has 2 aromatic rings. The van der Waals surface area contributed by atoms with E-state index in [9.17, 15) is 18.0 Å². The minimum atomic E-state index is -3.65. The van der Waals surface area contributed by atoms with Crippen molar-refractivity contribution in [1.29, 1.82) is 0 Å². The van der Waals surface area contributed by atoms with Crippen molar-refractivity contribution in [3.63, 3.8) is 0 Å². The van der Waals surface area contributed by atoms with Gasteiger partial charge in [0, 0.05) is 48.2 Å². The third-order valence-corrected chi connectivity index (χ3v) is 9.40. The van der Waals surface area contributed by atoms with E-state index < -0.39 is 16.1 Å². The molecule has 2 amide bonds. The van der Waals surface area contributed by atoms with Crippen molar-refractivity contribution in [2.45, 2.75) is 75.4 Å². The molecule has 202 valence electrons. The van der Waals surface area contributed by atoms with Crippen LogP contribution in [0.1, 0.15) is 57.4 Å². The molecule has 2 aromatic carbocycles. The Balaban J connectivity index is 1.70. The minimum Gasteiger partial charge on any atom is -0.352 e. The lowest BCUT2D eigenvalue weighted by Gasteiger charge is -2.32. The summed E-state index contributed by atoms with van der Waals surface area (Å²) in [7, 11) is -2.16. The smallest absolute Gasteiger partial charge is 0.242 e. The molecule has 0 aromatic heterocycles. The summed E-state index contributed by atoms with van der Waals surface area (Å²) in [5, 5.41) is 3.93. The van der Waals surface area contributed by atoms with Gasteiger partial charge in [-0.15, -0.1) is 0 Å². The summed E-state index contributed by atoms with van der Waals surface area (Å²) < 4.78 is 26.8. The molecule has 0 heterocycles. The standard InChI is InChI=1S/C27H35Cl2N3O4S/c1-20(27(34)30-21-11-5-3-6-12-21)32(19-23-24(28)15-9-16-25(23)29)26(33)17-10-18-31(2)37(35,36)22-13-7-4-8-14-22/h4,7-9,13-16,20-21H,3,5-6,10-12,17-19H2,1-2H3,(H,30,34)/t20-/m0/s1. The van der Waals surface area contributed by atoms with Crippen LogP contribution in [0.25, 0.3) is 0 Å². The predicted molar refractivity (Wildman–Crippen MR) is 147 cm³/mol. The number of carbonyl (C=O) groups excluding carboxylic acids is 2.